The summed E-state index contributed by atoms with van der Waals surface area (Å²) in [6.45, 7) is 4.68. The summed E-state index contributed by atoms with van der Waals surface area (Å²) in [5.74, 6) is 0.805. The topological polar surface area (TPSA) is 40.8 Å². The normalized spacial score (nSPS) is 15.3. The summed E-state index contributed by atoms with van der Waals surface area (Å²) in [6, 6.07) is 69.0. The summed E-state index contributed by atoms with van der Waals surface area (Å²) in [5.41, 5.74) is 16.3. The van der Waals surface area contributed by atoms with E-state index in [1.165, 1.54) is 38.9 Å². The molecular formula is C55H41N3O. The molecule has 1 aliphatic heterocycles. The van der Waals surface area contributed by atoms with Crippen LogP contribution in [0.4, 0.5) is 17.1 Å². The monoisotopic (exact) mass is 759 g/mol. The number of hydrogen-bond acceptors (Lipinski definition) is 4. The number of para-hydroxylation sites is 1. The Bertz CT molecular complexity index is 3090. The van der Waals surface area contributed by atoms with Crippen LogP contribution < -0.4 is 10.2 Å². The Morgan fingerprint density at radius 3 is 1.93 bits per heavy atom. The SMILES string of the molecule is CC1(C)c2ccccc2-c2ccc(N(c3ccc(-c4ccccc4)cc3)c3ccc(C4=NC(c5ccccc5)=CC(c5ccccc5)N4)c4c3oc3ccccc34)cc21. The first-order valence-electron chi connectivity index (χ1n) is 20.3. The van der Waals surface area contributed by atoms with E-state index in [2.05, 4.69) is 212 Å². The average Bonchev–Trinajstić information content (AvgIpc) is 3.80. The zero-order valence-corrected chi connectivity index (χ0v) is 32.9. The molecule has 9 aromatic rings. The largest absolute Gasteiger partial charge is 0.454 e. The molecule has 1 aromatic heterocycles. The van der Waals surface area contributed by atoms with Crippen molar-refractivity contribution < 1.29 is 4.42 Å². The summed E-state index contributed by atoms with van der Waals surface area (Å²) in [4.78, 5) is 7.71. The first-order valence-corrected chi connectivity index (χ1v) is 20.3. The van der Waals surface area contributed by atoms with E-state index in [-0.39, 0.29) is 11.5 Å². The Morgan fingerprint density at radius 1 is 0.542 bits per heavy atom. The molecule has 4 heteroatoms. The lowest BCUT2D eigenvalue weighted by molar-refractivity contribution is 0.660. The van der Waals surface area contributed by atoms with Crippen molar-refractivity contribution >= 4 is 50.5 Å². The van der Waals surface area contributed by atoms with Crippen molar-refractivity contribution in [1.29, 1.82) is 0 Å². The van der Waals surface area contributed by atoms with Crippen molar-refractivity contribution in [2.24, 2.45) is 4.99 Å². The standard InChI is InChI=1S/C55H41N3O/c1-55(2)46-24-14-12-22-42(46)43-31-30-41(34-47(43)55)58(40-28-26-37(27-29-40)36-16-6-3-7-17-36)50-33-32-45(52-44-23-13-15-25-51(44)59-53(50)52)54-56-48(38-18-8-4-9-19-38)35-49(57-54)39-20-10-5-11-21-39/h3-35,48H,1-2H3,(H,56,57). The van der Waals surface area contributed by atoms with Gasteiger partial charge in [-0.1, -0.05) is 166 Å². The van der Waals surface area contributed by atoms with Crippen LogP contribution in [0, 0.1) is 0 Å². The first-order chi connectivity index (χ1) is 29.0. The van der Waals surface area contributed by atoms with Gasteiger partial charge in [0.2, 0.25) is 0 Å². The molecule has 0 fully saturated rings. The van der Waals surface area contributed by atoms with E-state index in [9.17, 15) is 0 Å². The van der Waals surface area contributed by atoms with Gasteiger partial charge in [-0.05, 0) is 93.0 Å². The Kier molecular flexibility index (Phi) is 8.19. The second-order valence-electron chi connectivity index (χ2n) is 16.0. The molecule has 0 saturated heterocycles. The molecule has 0 bridgehead atoms. The van der Waals surface area contributed by atoms with E-state index in [0.717, 1.165) is 61.7 Å². The number of amidine groups is 1. The lowest BCUT2D eigenvalue weighted by Gasteiger charge is -2.29. The van der Waals surface area contributed by atoms with E-state index >= 15 is 0 Å². The van der Waals surface area contributed by atoms with Crippen LogP contribution in [0.3, 0.4) is 0 Å². The fraction of sp³-hybridized carbons (Fsp3) is 0.0727. The van der Waals surface area contributed by atoms with Crippen molar-refractivity contribution in [2.75, 3.05) is 4.90 Å². The Morgan fingerprint density at radius 2 is 1.15 bits per heavy atom. The molecule has 11 rings (SSSR count). The number of fused-ring (bicyclic) bond motifs is 6. The van der Waals surface area contributed by atoms with Gasteiger partial charge in [-0.15, -0.1) is 0 Å². The van der Waals surface area contributed by atoms with Crippen LogP contribution in [-0.4, -0.2) is 5.84 Å². The number of anilines is 3. The van der Waals surface area contributed by atoms with E-state index in [1.54, 1.807) is 0 Å². The zero-order valence-electron chi connectivity index (χ0n) is 32.9. The highest BCUT2D eigenvalue weighted by atomic mass is 16.3. The third-order valence-electron chi connectivity index (χ3n) is 12.1. The van der Waals surface area contributed by atoms with Gasteiger partial charge >= 0.3 is 0 Å². The van der Waals surface area contributed by atoms with Crippen LogP contribution in [0.25, 0.3) is 49.9 Å². The number of furan rings is 1. The van der Waals surface area contributed by atoms with Crippen molar-refractivity contribution in [3.05, 3.63) is 228 Å². The summed E-state index contributed by atoms with van der Waals surface area (Å²) < 4.78 is 7.00. The van der Waals surface area contributed by atoms with Crippen molar-refractivity contribution in [3.8, 4) is 22.3 Å². The van der Waals surface area contributed by atoms with Gasteiger partial charge in [0.25, 0.3) is 0 Å². The van der Waals surface area contributed by atoms with Crippen LogP contribution in [0.1, 0.15) is 47.7 Å². The fourth-order valence-electron chi connectivity index (χ4n) is 9.16. The van der Waals surface area contributed by atoms with E-state index in [0.29, 0.717) is 0 Å². The van der Waals surface area contributed by atoms with Crippen LogP contribution in [0.5, 0.6) is 0 Å². The first kappa shape index (κ1) is 34.8. The third-order valence-corrected chi connectivity index (χ3v) is 12.1. The summed E-state index contributed by atoms with van der Waals surface area (Å²) >= 11 is 0. The van der Waals surface area contributed by atoms with Crippen molar-refractivity contribution in [1.82, 2.24) is 5.32 Å². The van der Waals surface area contributed by atoms with Gasteiger partial charge in [0.15, 0.2) is 5.58 Å². The van der Waals surface area contributed by atoms with Crippen LogP contribution >= 0.6 is 0 Å². The number of aliphatic imine (C=N–C) groups is 1. The van der Waals surface area contributed by atoms with Gasteiger partial charge in [0.05, 0.1) is 17.4 Å². The van der Waals surface area contributed by atoms with Crippen LogP contribution in [0.15, 0.2) is 210 Å². The van der Waals surface area contributed by atoms with Crippen LogP contribution in [-0.2, 0) is 5.41 Å². The fourth-order valence-corrected chi connectivity index (χ4v) is 9.16. The molecule has 1 aliphatic carbocycles. The molecule has 0 saturated carbocycles. The van der Waals surface area contributed by atoms with E-state index < -0.39 is 0 Å². The number of nitrogens with zero attached hydrogens (tertiary/aromatic N) is 2. The second kappa shape index (κ2) is 13.9. The minimum Gasteiger partial charge on any atom is -0.454 e. The molecule has 1 atom stereocenters. The van der Waals surface area contributed by atoms with Gasteiger partial charge in [0.1, 0.15) is 11.4 Å². The smallest absolute Gasteiger partial charge is 0.160 e. The summed E-state index contributed by atoms with van der Waals surface area (Å²) in [7, 11) is 0. The van der Waals surface area contributed by atoms with E-state index in [4.69, 9.17) is 9.41 Å². The number of nitrogens with one attached hydrogen (secondary N) is 1. The predicted octanol–water partition coefficient (Wildman–Crippen LogP) is 14.2. The molecule has 0 amide bonds. The molecule has 1 unspecified atom stereocenters. The van der Waals surface area contributed by atoms with Gasteiger partial charge in [0, 0.05) is 33.1 Å². The number of benzene rings is 8. The molecule has 282 valence electrons. The second-order valence-corrected chi connectivity index (χ2v) is 16.0. The van der Waals surface area contributed by atoms with Gasteiger partial charge in [-0.2, -0.15) is 0 Å². The van der Waals surface area contributed by atoms with E-state index in [1.807, 2.05) is 12.1 Å². The maximum absolute atomic E-state index is 7.00. The van der Waals surface area contributed by atoms with Gasteiger partial charge in [-0.3, -0.25) is 0 Å². The maximum Gasteiger partial charge on any atom is 0.160 e. The quantitative estimate of drug-likeness (QED) is 0.176. The molecular weight excluding hydrogens is 719 g/mol. The highest BCUT2D eigenvalue weighted by molar-refractivity contribution is 6.22. The average molecular weight is 760 g/mol. The predicted molar refractivity (Wildman–Crippen MR) is 245 cm³/mol. The zero-order chi connectivity index (χ0) is 39.5. The molecule has 2 heterocycles. The number of rotatable bonds is 7. The highest BCUT2D eigenvalue weighted by Gasteiger charge is 2.36. The van der Waals surface area contributed by atoms with Crippen molar-refractivity contribution in [3.63, 3.8) is 0 Å². The van der Waals surface area contributed by atoms with Crippen molar-refractivity contribution in [2.45, 2.75) is 25.3 Å². The Labute approximate surface area is 344 Å². The van der Waals surface area contributed by atoms with Gasteiger partial charge < -0.3 is 14.6 Å². The molecule has 8 aromatic carbocycles. The number of hydrogen-bond donors (Lipinski definition) is 1. The van der Waals surface area contributed by atoms with Crippen LogP contribution in [0.2, 0.25) is 0 Å². The highest BCUT2D eigenvalue weighted by Crippen LogP contribution is 2.51. The molecule has 2 aliphatic rings. The Balaban J connectivity index is 1.12. The lowest BCUT2D eigenvalue weighted by atomic mass is 9.82. The molecule has 4 nitrogen and oxygen atoms in total. The van der Waals surface area contributed by atoms with Gasteiger partial charge in [-0.25, -0.2) is 4.99 Å². The molecule has 0 radical (unpaired) electrons. The summed E-state index contributed by atoms with van der Waals surface area (Å²) in [5, 5.41) is 5.89. The molecule has 0 spiro atoms. The molecule has 59 heavy (non-hydrogen) atoms. The summed E-state index contributed by atoms with van der Waals surface area (Å²) in [6.07, 6.45) is 2.22. The third kappa shape index (κ3) is 5.87. The lowest BCUT2D eigenvalue weighted by Crippen LogP contribution is -2.31. The Hall–Kier alpha value is -7.43. The molecule has 1 N–H and O–H groups in total. The maximum atomic E-state index is 7.00. The minimum atomic E-state index is -0.159. The minimum absolute atomic E-state index is 0.0784.